The molecule has 2 rings (SSSR count). The smallest absolute Gasteiger partial charge is 0.150 e. The van der Waals surface area contributed by atoms with Crippen LogP contribution in [0.5, 0.6) is 0 Å². The number of aryl methyl sites for hydroxylation is 1. The summed E-state index contributed by atoms with van der Waals surface area (Å²) in [6, 6.07) is 7.99. The van der Waals surface area contributed by atoms with Crippen LogP contribution in [0, 0.1) is 5.92 Å². The number of aldehydes is 1. The maximum atomic E-state index is 10.7. The molecule has 1 aliphatic heterocycles. The lowest BCUT2D eigenvalue weighted by Crippen LogP contribution is -2.30. The zero-order chi connectivity index (χ0) is 12.1. The van der Waals surface area contributed by atoms with Gasteiger partial charge < -0.3 is 4.90 Å². The highest BCUT2D eigenvalue weighted by molar-refractivity contribution is 5.74. The molecule has 0 aliphatic carbocycles. The van der Waals surface area contributed by atoms with Crippen molar-refractivity contribution >= 4 is 6.29 Å². The van der Waals surface area contributed by atoms with E-state index in [4.69, 9.17) is 0 Å². The minimum absolute atomic E-state index is 0.797. The molecule has 1 aromatic rings. The lowest BCUT2D eigenvalue weighted by atomic mass is 9.90. The quantitative estimate of drug-likeness (QED) is 0.743. The second-order valence-corrected chi connectivity index (χ2v) is 5.15. The number of rotatable bonds is 4. The summed E-state index contributed by atoms with van der Waals surface area (Å²) >= 11 is 0. The lowest BCUT2D eigenvalue weighted by molar-refractivity contribution is 0.112. The van der Waals surface area contributed by atoms with Crippen molar-refractivity contribution in [1.82, 2.24) is 4.90 Å². The Bertz CT molecular complexity index is 367. The number of carbonyl (C=O) groups is 1. The summed E-state index contributed by atoms with van der Waals surface area (Å²) in [7, 11) is 2.20. The van der Waals surface area contributed by atoms with E-state index in [1.54, 1.807) is 0 Å². The fourth-order valence-electron chi connectivity index (χ4n) is 2.54. The van der Waals surface area contributed by atoms with Gasteiger partial charge in [0, 0.05) is 5.56 Å². The maximum absolute atomic E-state index is 10.7. The fraction of sp³-hybridized carbons (Fsp3) is 0.533. The van der Waals surface area contributed by atoms with Gasteiger partial charge >= 0.3 is 0 Å². The molecule has 2 heteroatoms. The lowest BCUT2D eigenvalue weighted by Gasteiger charge is -2.28. The predicted molar refractivity (Wildman–Crippen MR) is 70.4 cm³/mol. The molecule has 0 spiro atoms. The first kappa shape index (κ1) is 12.3. The summed E-state index contributed by atoms with van der Waals surface area (Å²) in [4.78, 5) is 13.1. The number of benzene rings is 1. The molecule has 1 aromatic carbocycles. The highest BCUT2D eigenvalue weighted by atomic mass is 16.1. The van der Waals surface area contributed by atoms with Gasteiger partial charge in [-0.15, -0.1) is 0 Å². The minimum atomic E-state index is 0.797. The van der Waals surface area contributed by atoms with Crippen molar-refractivity contribution in [2.75, 3.05) is 20.1 Å². The van der Waals surface area contributed by atoms with Crippen LogP contribution in [-0.2, 0) is 6.42 Å². The molecule has 0 aromatic heterocycles. The Hall–Kier alpha value is -1.15. The van der Waals surface area contributed by atoms with Crippen molar-refractivity contribution in [3.05, 3.63) is 35.4 Å². The van der Waals surface area contributed by atoms with E-state index in [-0.39, 0.29) is 0 Å². The van der Waals surface area contributed by atoms with E-state index in [2.05, 4.69) is 18.0 Å². The minimum Gasteiger partial charge on any atom is -0.306 e. The van der Waals surface area contributed by atoms with Crippen LogP contribution in [-0.4, -0.2) is 31.3 Å². The molecule has 0 bridgehead atoms. The first-order chi connectivity index (χ1) is 8.28. The Morgan fingerprint density at radius 1 is 1.35 bits per heavy atom. The summed E-state index contributed by atoms with van der Waals surface area (Å²) in [5.41, 5.74) is 2.10. The molecule has 17 heavy (non-hydrogen) atoms. The Morgan fingerprint density at radius 2 is 2.12 bits per heavy atom. The molecule has 1 heterocycles. The second kappa shape index (κ2) is 5.97. The summed E-state index contributed by atoms with van der Waals surface area (Å²) in [6.07, 6.45) is 5.94. The zero-order valence-electron chi connectivity index (χ0n) is 10.6. The van der Waals surface area contributed by atoms with Gasteiger partial charge in [-0.25, -0.2) is 0 Å². The third kappa shape index (κ3) is 3.67. The van der Waals surface area contributed by atoms with Crippen LogP contribution in [0.1, 0.15) is 35.2 Å². The molecule has 0 atom stereocenters. The van der Waals surface area contributed by atoms with Crippen molar-refractivity contribution in [3.63, 3.8) is 0 Å². The summed E-state index contributed by atoms with van der Waals surface area (Å²) in [6.45, 7) is 2.47. The summed E-state index contributed by atoms with van der Waals surface area (Å²) in [5.74, 6) is 0.867. The Labute approximate surface area is 104 Å². The van der Waals surface area contributed by atoms with E-state index < -0.39 is 0 Å². The van der Waals surface area contributed by atoms with E-state index in [9.17, 15) is 4.79 Å². The molecule has 2 nitrogen and oxygen atoms in total. The average Bonchev–Trinajstić information content (AvgIpc) is 2.38. The molecular weight excluding hydrogens is 210 g/mol. The van der Waals surface area contributed by atoms with Crippen LogP contribution < -0.4 is 0 Å². The van der Waals surface area contributed by atoms with Crippen molar-refractivity contribution < 1.29 is 4.79 Å². The van der Waals surface area contributed by atoms with Gasteiger partial charge in [-0.3, -0.25) is 4.79 Å². The Balaban J connectivity index is 1.83. The number of nitrogens with zero attached hydrogens (tertiary/aromatic N) is 1. The van der Waals surface area contributed by atoms with Crippen LogP contribution in [0.3, 0.4) is 0 Å². The molecule has 0 saturated carbocycles. The summed E-state index contributed by atoms with van der Waals surface area (Å²) < 4.78 is 0. The molecule has 1 saturated heterocycles. The van der Waals surface area contributed by atoms with Crippen LogP contribution in [0.15, 0.2) is 24.3 Å². The highest BCUT2D eigenvalue weighted by Gasteiger charge is 2.16. The van der Waals surface area contributed by atoms with Crippen LogP contribution in [0.25, 0.3) is 0 Å². The normalized spacial score (nSPS) is 18.2. The standard InChI is InChI=1S/C15H21NO/c1-16-9-7-13(8-10-16)5-6-14-3-2-4-15(11-14)12-17/h2-4,11-13H,5-10H2,1H3. The zero-order valence-corrected chi connectivity index (χ0v) is 10.6. The van der Waals surface area contributed by atoms with Gasteiger partial charge in [0.1, 0.15) is 6.29 Å². The molecule has 1 fully saturated rings. The molecule has 92 valence electrons. The van der Waals surface area contributed by atoms with E-state index in [1.807, 2.05) is 18.2 Å². The van der Waals surface area contributed by atoms with E-state index in [1.165, 1.54) is 37.9 Å². The van der Waals surface area contributed by atoms with Crippen LogP contribution in [0.4, 0.5) is 0 Å². The van der Waals surface area contributed by atoms with Gasteiger partial charge in [-0.1, -0.05) is 18.2 Å². The molecule has 0 unspecified atom stereocenters. The average molecular weight is 231 g/mol. The van der Waals surface area contributed by atoms with Crippen molar-refractivity contribution in [1.29, 1.82) is 0 Å². The van der Waals surface area contributed by atoms with Crippen LogP contribution >= 0.6 is 0 Å². The highest BCUT2D eigenvalue weighted by Crippen LogP contribution is 2.21. The first-order valence-electron chi connectivity index (χ1n) is 6.50. The Kier molecular flexibility index (Phi) is 4.32. The van der Waals surface area contributed by atoms with Crippen LogP contribution in [0.2, 0.25) is 0 Å². The number of hydrogen-bond acceptors (Lipinski definition) is 2. The third-order valence-corrected chi connectivity index (χ3v) is 3.77. The van der Waals surface area contributed by atoms with Crippen molar-refractivity contribution in [2.45, 2.75) is 25.7 Å². The van der Waals surface area contributed by atoms with Gasteiger partial charge in [0.25, 0.3) is 0 Å². The van der Waals surface area contributed by atoms with Crippen molar-refractivity contribution in [2.24, 2.45) is 5.92 Å². The van der Waals surface area contributed by atoms with E-state index >= 15 is 0 Å². The van der Waals surface area contributed by atoms with Gasteiger partial charge in [0.15, 0.2) is 0 Å². The molecule has 0 N–H and O–H groups in total. The van der Waals surface area contributed by atoms with E-state index in [0.29, 0.717) is 0 Å². The third-order valence-electron chi connectivity index (χ3n) is 3.77. The number of hydrogen-bond donors (Lipinski definition) is 0. The molecule has 0 amide bonds. The van der Waals surface area contributed by atoms with Gasteiger partial charge in [0.05, 0.1) is 0 Å². The predicted octanol–water partition coefficient (Wildman–Crippen LogP) is 2.77. The van der Waals surface area contributed by atoms with Gasteiger partial charge in [-0.2, -0.15) is 0 Å². The SMILES string of the molecule is CN1CCC(CCc2cccc(C=O)c2)CC1. The fourth-order valence-corrected chi connectivity index (χ4v) is 2.54. The topological polar surface area (TPSA) is 20.3 Å². The van der Waals surface area contributed by atoms with Gasteiger partial charge in [0.2, 0.25) is 0 Å². The Morgan fingerprint density at radius 3 is 2.82 bits per heavy atom. The van der Waals surface area contributed by atoms with Crippen molar-refractivity contribution in [3.8, 4) is 0 Å². The van der Waals surface area contributed by atoms with E-state index in [0.717, 1.165) is 24.2 Å². The number of piperidine rings is 1. The monoisotopic (exact) mass is 231 g/mol. The molecular formula is C15H21NO. The first-order valence-corrected chi connectivity index (χ1v) is 6.50. The summed E-state index contributed by atoms with van der Waals surface area (Å²) in [5, 5.41) is 0. The number of likely N-dealkylation sites (tertiary alicyclic amines) is 1. The molecule has 0 radical (unpaired) electrons. The van der Waals surface area contributed by atoms with Gasteiger partial charge in [-0.05, 0) is 63.4 Å². The second-order valence-electron chi connectivity index (χ2n) is 5.15. The largest absolute Gasteiger partial charge is 0.306 e. The molecule has 1 aliphatic rings. The maximum Gasteiger partial charge on any atom is 0.150 e. The number of carbonyl (C=O) groups excluding carboxylic acids is 1.